The van der Waals surface area contributed by atoms with Crippen LogP contribution >= 0.6 is 11.6 Å². The maximum absolute atomic E-state index is 11.5. The third kappa shape index (κ3) is 0.806. The highest BCUT2D eigenvalue weighted by molar-refractivity contribution is 6.25. The van der Waals surface area contributed by atoms with Crippen molar-refractivity contribution in [3.63, 3.8) is 0 Å². The molecule has 2 heteroatoms. The first-order valence-corrected chi connectivity index (χ1v) is 4.98. The summed E-state index contributed by atoms with van der Waals surface area (Å²) in [6.07, 6.45) is 0.649. The van der Waals surface area contributed by atoms with Crippen molar-refractivity contribution in [3.05, 3.63) is 35.4 Å². The van der Waals surface area contributed by atoms with Crippen LogP contribution in [0.15, 0.2) is 24.3 Å². The molecule has 0 heterocycles. The second kappa shape index (κ2) is 2.36. The molecule has 3 atom stereocenters. The molecule has 1 saturated carbocycles. The summed E-state index contributed by atoms with van der Waals surface area (Å²) in [4.78, 5) is 11.5. The molecule has 1 nitrogen and oxygen atoms in total. The summed E-state index contributed by atoms with van der Waals surface area (Å²) in [5.41, 5.74) is 2.47. The quantitative estimate of drug-likeness (QED) is 0.577. The Hall–Kier alpha value is -0.820. The topological polar surface area (TPSA) is 17.1 Å². The van der Waals surface area contributed by atoms with E-state index >= 15 is 0 Å². The third-order valence-corrected chi connectivity index (χ3v) is 3.76. The fourth-order valence-corrected chi connectivity index (χ4v) is 3.13. The first-order chi connectivity index (χ1) is 6.29. The van der Waals surface area contributed by atoms with Crippen LogP contribution in [0, 0.1) is 0 Å². The lowest BCUT2D eigenvalue weighted by Crippen LogP contribution is -2.10. The van der Waals surface area contributed by atoms with Gasteiger partial charge in [-0.05, 0) is 11.1 Å². The lowest BCUT2D eigenvalue weighted by molar-refractivity contribution is -0.118. The van der Waals surface area contributed by atoms with Crippen LogP contribution in [0.4, 0.5) is 0 Å². The standard InChI is InChI=1S/C11H9ClO/c12-11-8-5-9(13)10(11)7-4-2-1-3-6(7)8/h1-4,8,10-11H,5H2. The van der Waals surface area contributed by atoms with Crippen molar-refractivity contribution >= 4 is 17.4 Å². The van der Waals surface area contributed by atoms with Gasteiger partial charge in [0.2, 0.25) is 0 Å². The van der Waals surface area contributed by atoms with E-state index in [4.69, 9.17) is 11.6 Å². The van der Waals surface area contributed by atoms with E-state index in [-0.39, 0.29) is 17.2 Å². The normalized spacial score (nSPS) is 35.2. The van der Waals surface area contributed by atoms with Crippen molar-refractivity contribution in [2.75, 3.05) is 0 Å². The van der Waals surface area contributed by atoms with E-state index in [0.717, 1.165) is 0 Å². The summed E-state index contributed by atoms with van der Waals surface area (Å²) >= 11 is 6.21. The van der Waals surface area contributed by atoms with E-state index in [2.05, 4.69) is 6.07 Å². The number of carbonyl (C=O) groups excluding carboxylic acids is 1. The number of halogens is 1. The molecule has 1 aromatic rings. The lowest BCUT2D eigenvalue weighted by Gasteiger charge is -2.12. The van der Waals surface area contributed by atoms with E-state index < -0.39 is 0 Å². The SMILES string of the molecule is O=C1CC2c3ccccc3C1C2Cl. The van der Waals surface area contributed by atoms with Crippen LogP contribution in [0.3, 0.4) is 0 Å². The minimum atomic E-state index is -0.0112. The van der Waals surface area contributed by atoms with Crippen molar-refractivity contribution in [2.24, 2.45) is 0 Å². The van der Waals surface area contributed by atoms with Crippen molar-refractivity contribution in [2.45, 2.75) is 23.6 Å². The molecule has 3 rings (SSSR count). The summed E-state index contributed by atoms with van der Waals surface area (Å²) in [5.74, 6) is 0.599. The lowest BCUT2D eigenvalue weighted by atomic mass is 9.91. The molecule has 3 unspecified atom stereocenters. The maximum atomic E-state index is 11.5. The summed E-state index contributed by atoms with van der Waals surface area (Å²) in [6.45, 7) is 0. The number of Topliss-reactive ketones (excluding diaryl/α,β-unsaturated/α-hetero) is 1. The van der Waals surface area contributed by atoms with Gasteiger partial charge in [0, 0.05) is 12.3 Å². The zero-order valence-corrected chi connectivity index (χ0v) is 7.79. The van der Waals surface area contributed by atoms with Crippen LogP contribution in [0.5, 0.6) is 0 Å². The zero-order valence-electron chi connectivity index (χ0n) is 7.03. The maximum Gasteiger partial charge on any atom is 0.142 e. The highest BCUT2D eigenvalue weighted by Crippen LogP contribution is 2.53. The Balaban J connectivity index is 2.24. The molecule has 2 aliphatic rings. The fourth-order valence-electron chi connectivity index (χ4n) is 2.62. The number of ketones is 1. The predicted octanol–water partition coefficient (Wildman–Crippen LogP) is 2.45. The summed E-state index contributed by atoms with van der Waals surface area (Å²) in [6, 6.07) is 8.14. The molecular formula is C11H9ClO. The Kier molecular flexibility index (Phi) is 1.37. The van der Waals surface area contributed by atoms with Gasteiger partial charge in [0.1, 0.15) is 5.78 Å². The van der Waals surface area contributed by atoms with E-state index in [1.165, 1.54) is 11.1 Å². The molecule has 0 spiro atoms. The number of hydrogen-bond acceptors (Lipinski definition) is 1. The first-order valence-electron chi connectivity index (χ1n) is 4.54. The third-order valence-electron chi connectivity index (χ3n) is 3.20. The Morgan fingerprint density at radius 1 is 1.23 bits per heavy atom. The van der Waals surface area contributed by atoms with E-state index in [1.54, 1.807) is 0 Å². The molecule has 0 radical (unpaired) electrons. The number of rotatable bonds is 0. The van der Waals surface area contributed by atoms with Gasteiger partial charge in [-0.2, -0.15) is 0 Å². The molecule has 2 bridgehead atoms. The van der Waals surface area contributed by atoms with Crippen molar-refractivity contribution in [3.8, 4) is 0 Å². The van der Waals surface area contributed by atoms with E-state index in [1.807, 2.05) is 18.2 Å². The minimum Gasteiger partial charge on any atom is -0.299 e. The van der Waals surface area contributed by atoms with Crippen molar-refractivity contribution in [1.82, 2.24) is 0 Å². The second-order valence-electron chi connectivity index (χ2n) is 3.83. The van der Waals surface area contributed by atoms with Crippen LogP contribution < -0.4 is 0 Å². The Morgan fingerprint density at radius 2 is 1.92 bits per heavy atom. The highest BCUT2D eigenvalue weighted by atomic mass is 35.5. The van der Waals surface area contributed by atoms with Crippen LogP contribution in [0.2, 0.25) is 0 Å². The smallest absolute Gasteiger partial charge is 0.142 e. The molecule has 13 heavy (non-hydrogen) atoms. The molecule has 0 amide bonds. The predicted molar refractivity (Wildman–Crippen MR) is 51.2 cm³/mol. The number of benzene rings is 1. The van der Waals surface area contributed by atoms with Crippen LogP contribution in [-0.2, 0) is 4.79 Å². The molecule has 0 N–H and O–H groups in total. The molecule has 0 saturated heterocycles. The average Bonchev–Trinajstić information content (AvgIpc) is 2.56. The van der Waals surface area contributed by atoms with Gasteiger partial charge in [-0.1, -0.05) is 24.3 Å². The largest absolute Gasteiger partial charge is 0.299 e. The van der Waals surface area contributed by atoms with Gasteiger partial charge < -0.3 is 0 Å². The van der Waals surface area contributed by atoms with Gasteiger partial charge in [-0.15, -0.1) is 11.6 Å². The molecule has 1 aromatic carbocycles. The van der Waals surface area contributed by atoms with Gasteiger partial charge >= 0.3 is 0 Å². The van der Waals surface area contributed by atoms with Crippen molar-refractivity contribution in [1.29, 1.82) is 0 Å². The fraction of sp³-hybridized carbons (Fsp3) is 0.364. The van der Waals surface area contributed by atoms with Crippen LogP contribution in [0.1, 0.15) is 29.4 Å². The molecule has 2 aliphatic carbocycles. The molecule has 0 aliphatic heterocycles. The monoisotopic (exact) mass is 192 g/mol. The number of hydrogen-bond donors (Lipinski definition) is 0. The number of fused-ring (bicyclic) bond motifs is 5. The van der Waals surface area contributed by atoms with Gasteiger partial charge in [-0.3, -0.25) is 4.79 Å². The molecule has 1 fully saturated rings. The van der Waals surface area contributed by atoms with Crippen molar-refractivity contribution < 1.29 is 4.79 Å². The van der Waals surface area contributed by atoms with Crippen LogP contribution in [-0.4, -0.2) is 11.2 Å². The van der Waals surface area contributed by atoms with E-state index in [0.29, 0.717) is 12.2 Å². The van der Waals surface area contributed by atoms with Gasteiger partial charge in [-0.25, -0.2) is 0 Å². The first kappa shape index (κ1) is 7.57. The van der Waals surface area contributed by atoms with E-state index in [9.17, 15) is 4.79 Å². The Morgan fingerprint density at radius 3 is 2.69 bits per heavy atom. The molecular weight excluding hydrogens is 184 g/mol. The van der Waals surface area contributed by atoms with Gasteiger partial charge in [0.25, 0.3) is 0 Å². The second-order valence-corrected chi connectivity index (χ2v) is 4.33. The summed E-state index contributed by atoms with van der Waals surface area (Å²) in [7, 11) is 0. The molecule has 0 aromatic heterocycles. The zero-order chi connectivity index (χ0) is 9.00. The van der Waals surface area contributed by atoms with Gasteiger partial charge in [0.05, 0.1) is 11.3 Å². The summed E-state index contributed by atoms with van der Waals surface area (Å²) in [5, 5.41) is 0.0184. The molecule has 66 valence electrons. The van der Waals surface area contributed by atoms with Crippen LogP contribution in [0.25, 0.3) is 0 Å². The minimum absolute atomic E-state index is 0.0112. The highest BCUT2D eigenvalue weighted by Gasteiger charge is 2.49. The Bertz CT molecular complexity index is 385. The average molecular weight is 193 g/mol. The Labute approximate surface area is 81.7 Å². The summed E-state index contributed by atoms with van der Waals surface area (Å²) < 4.78 is 0. The van der Waals surface area contributed by atoms with Gasteiger partial charge in [0.15, 0.2) is 0 Å². The number of carbonyl (C=O) groups is 1. The number of alkyl halides is 1.